The van der Waals surface area contributed by atoms with E-state index in [0.717, 1.165) is 35.6 Å². The van der Waals surface area contributed by atoms with Crippen LogP contribution in [0, 0.1) is 0 Å². The minimum absolute atomic E-state index is 0.0496. The summed E-state index contributed by atoms with van der Waals surface area (Å²) in [7, 11) is 0. The van der Waals surface area contributed by atoms with Crippen LogP contribution in [0.5, 0.6) is 5.75 Å². The quantitative estimate of drug-likeness (QED) is 0.876. The zero-order chi connectivity index (χ0) is 17.5. The first kappa shape index (κ1) is 17.0. The highest BCUT2D eigenvalue weighted by atomic mass is 35.5. The fourth-order valence-corrected chi connectivity index (χ4v) is 3.11. The Bertz CT molecular complexity index is 824. The molecule has 128 valence electrons. The van der Waals surface area contributed by atoms with Crippen LogP contribution < -0.4 is 5.56 Å². The lowest BCUT2D eigenvalue weighted by Gasteiger charge is -2.29. The topological polar surface area (TPSA) is 69.2 Å². The van der Waals surface area contributed by atoms with Crippen LogP contribution in [-0.2, 0) is 24.9 Å². The highest BCUT2D eigenvalue weighted by molar-refractivity contribution is 6.31. The van der Waals surface area contributed by atoms with Gasteiger partial charge in [0.2, 0.25) is 0 Å². The molecule has 1 aliphatic rings. The Morgan fingerprint density at radius 1 is 1.38 bits per heavy atom. The highest BCUT2D eigenvalue weighted by Gasteiger charge is 2.25. The van der Waals surface area contributed by atoms with Gasteiger partial charge in [0.1, 0.15) is 11.6 Å². The SMILES string of the molecule is CC(C)(C)c1nc2c(c(=O)[nH]1)CN(Cc1ccc(O)cc1Cl)CC2. The highest BCUT2D eigenvalue weighted by Crippen LogP contribution is 2.25. The molecule has 24 heavy (non-hydrogen) atoms. The molecule has 2 N–H and O–H groups in total. The van der Waals surface area contributed by atoms with Crippen molar-refractivity contribution in [2.24, 2.45) is 0 Å². The van der Waals surface area contributed by atoms with Gasteiger partial charge in [0.05, 0.1) is 11.3 Å². The van der Waals surface area contributed by atoms with Crippen molar-refractivity contribution in [1.29, 1.82) is 0 Å². The van der Waals surface area contributed by atoms with Crippen molar-refractivity contribution in [3.8, 4) is 5.75 Å². The molecule has 0 saturated heterocycles. The Morgan fingerprint density at radius 3 is 2.79 bits per heavy atom. The van der Waals surface area contributed by atoms with Gasteiger partial charge in [-0.05, 0) is 17.7 Å². The van der Waals surface area contributed by atoms with Crippen LogP contribution in [0.25, 0.3) is 0 Å². The number of phenols is 1. The summed E-state index contributed by atoms with van der Waals surface area (Å²) in [5.74, 6) is 0.893. The average Bonchev–Trinajstić information content (AvgIpc) is 2.49. The van der Waals surface area contributed by atoms with Crippen molar-refractivity contribution in [1.82, 2.24) is 14.9 Å². The van der Waals surface area contributed by atoms with Gasteiger partial charge < -0.3 is 10.1 Å². The molecule has 0 amide bonds. The van der Waals surface area contributed by atoms with Gasteiger partial charge in [0, 0.05) is 36.5 Å². The molecule has 2 heterocycles. The number of aromatic amines is 1. The number of aromatic hydroxyl groups is 1. The van der Waals surface area contributed by atoms with E-state index in [9.17, 15) is 9.90 Å². The smallest absolute Gasteiger partial charge is 0.255 e. The monoisotopic (exact) mass is 347 g/mol. The molecule has 0 unspecified atom stereocenters. The largest absolute Gasteiger partial charge is 0.508 e. The van der Waals surface area contributed by atoms with E-state index >= 15 is 0 Å². The fraction of sp³-hybridized carbons (Fsp3) is 0.444. The van der Waals surface area contributed by atoms with E-state index in [0.29, 0.717) is 18.1 Å². The third kappa shape index (κ3) is 3.47. The molecule has 5 nitrogen and oxygen atoms in total. The summed E-state index contributed by atoms with van der Waals surface area (Å²) in [5.41, 5.74) is 2.35. The third-order valence-electron chi connectivity index (χ3n) is 4.29. The van der Waals surface area contributed by atoms with Gasteiger partial charge in [-0.1, -0.05) is 38.4 Å². The summed E-state index contributed by atoms with van der Waals surface area (Å²) in [6.45, 7) is 8.14. The molecular weight excluding hydrogens is 326 g/mol. The van der Waals surface area contributed by atoms with Crippen LogP contribution in [0.3, 0.4) is 0 Å². The first-order valence-corrected chi connectivity index (χ1v) is 8.44. The molecule has 0 radical (unpaired) electrons. The van der Waals surface area contributed by atoms with Crippen molar-refractivity contribution in [2.75, 3.05) is 6.54 Å². The number of benzene rings is 1. The maximum atomic E-state index is 12.5. The van der Waals surface area contributed by atoms with Gasteiger partial charge in [-0.15, -0.1) is 0 Å². The molecule has 0 atom stereocenters. The Hall–Kier alpha value is -1.85. The van der Waals surface area contributed by atoms with E-state index in [1.54, 1.807) is 12.1 Å². The van der Waals surface area contributed by atoms with Gasteiger partial charge in [-0.2, -0.15) is 0 Å². The number of aromatic nitrogens is 2. The summed E-state index contributed by atoms with van der Waals surface area (Å²) in [4.78, 5) is 22.2. The lowest BCUT2D eigenvalue weighted by atomic mass is 9.95. The van der Waals surface area contributed by atoms with Crippen molar-refractivity contribution < 1.29 is 5.11 Å². The Labute approximate surface area is 146 Å². The predicted octanol–water partition coefficient (Wildman–Crippen LogP) is 2.98. The molecule has 1 aromatic heterocycles. The molecule has 0 spiro atoms. The number of fused-ring (bicyclic) bond motifs is 1. The normalized spacial score (nSPS) is 15.3. The van der Waals surface area contributed by atoms with Gasteiger partial charge in [-0.3, -0.25) is 9.69 Å². The summed E-state index contributed by atoms with van der Waals surface area (Å²) >= 11 is 6.18. The zero-order valence-corrected chi connectivity index (χ0v) is 14.9. The standard InChI is InChI=1S/C18H22ClN3O2/c1-18(2,3)17-20-15-6-7-22(10-13(15)16(24)21-17)9-11-4-5-12(23)8-14(11)19/h4-5,8,23H,6-7,9-10H2,1-3H3,(H,20,21,24). The number of rotatable bonds is 2. The lowest BCUT2D eigenvalue weighted by Crippen LogP contribution is -2.37. The van der Waals surface area contributed by atoms with Crippen molar-refractivity contribution >= 4 is 11.6 Å². The third-order valence-corrected chi connectivity index (χ3v) is 4.64. The summed E-state index contributed by atoms with van der Waals surface area (Å²) in [5, 5.41) is 9.99. The Kier molecular flexibility index (Phi) is 4.40. The zero-order valence-electron chi connectivity index (χ0n) is 14.2. The van der Waals surface area contributed by atoms with Gasteiger partial charge >= 0.3 is 0 Å². The van der Waals surface area contributed by atoms with E-state index in [1.165, 1.54) is 0 Å². The maximum Gasteiger partial charge on any atom is 0.255 e. The minimum atomic E-state index is -0.176. The van der Waals surface area contributed by atoms with Crippen molar-refractivity contribution in [3.05, 3.63) is 56.2 Å². The number of nitrogens with one attached hydrogen (secondary N) is 1. The lowest BCUT2D eigenvalue weighted by molar-refractivity contribution is 0.241. The average molecular weight is 348 g/mol. The van der Waals surface area contributed by atoms with Gasteiger partial charge in [0.25, 0.3) is 5.56 Å². The van der Waals surface area contributed by atoms with E-state index in [1.807, 2.05) is 26.8 Å². The van der Waals surface area contributed by atoms with Crippen molar-refractivity contribution in [3.63, 3.8) is 0 Å². The molecule has 0 bridgehead atoms. The first-order chi connectivity index (χ1) is 11.2. The van der Waals surface area contributed by atoms with Crippen LogP contribution >= 0.6 is 11.6 Å². The molecule has 3 rings (SSSR count). The molecule has 0 aliphatic carbocycles. The number of halogens is 1. The van der Waals surface area contributed by atoms with Gasteiger partial charge in [-0.25, -0.2) is 4.98 Å². The second-order valence-corrected chi connectivity index (χ2v) is 7.73. The summed E-state index contributed by atoms with van der Waals surface area (Å²) in [6.07, 6.45) is 0.748. The van der Waals surface area contributed by atoms with Crippen molar-refractivity contribution in [2.45, 2.75) is 45.7 Å². The van der Waals surface area contributed by atoms with Crippen LogP contribution in [0.4, 0.5) is 0 Å². The van der Waals surface area contributed by atoms with Crippen LogP contribution in [0.1, 0.15) is 43.4 Å². The molecule has 0 saturated carbocycles. The predicted molar refractivity (Wildman–Crippen MR) is 94.5 cm³/mol. The minimum Gasteiger partial charge on any atom is -0.508 e. The second-order valence-electron chi connectivity index (χ2n) is 7.33. The molecular formula is C18H22ClN3O2. The number of H-pyrrole nitrogens is 1. The Morgan fingerprint density at radius 2 is 2.12 bits per heavy atom. The summed E-state index contributed by atoms with van der Waals surface area (Å²) < 4.78 is 0. The number of hydrogen-bond donors (Lipinski definition) is 2. The molecule has 6 heteroatoms. The van der Waals surface area contributed by atoms with Crippen LogP contribution in [-0.4, -0.2) is 26.5 Å². The molecule has 1 aromatic carbocycles. The summed E-state index contributed by atoms with van der Waals surface area (Å²) in [6, 6.07) is 4.99. The Balaban J connectivity index is 1.83. The van der Waals surface area contributed by atoms with Crippen LogP contribution in [0.2, 0.25) is 5.02 Å². The van der Waals surface area contributed by atoms with E-state index in [2.05, 4.69) is 14.9 Å². The van der Waals surface area contributed by atoms with Crippen LogP contribution in [0.15, 0.2) is 23.0 Å². The maximum absolute atomic E-state index is 12.5. The van der Waals surface area contributed by atoms with E-state index in [-0.39, 0.29) is 16.7 Å². The molecule has 1 aliphatic heterocycles. The van der Waals surface area contributed by atoms with E-state index < -0.39 is 0 Å². The number of phenolic OH excluding ortho intramolecular Hbond substituents is 1. The van der Waals surface area contributed by atoms with E-state index in [4.69, 9.17) is 11.6 Å². The number of nitrogens with zero attached hydrogens (tertiary/aromatic N) is 2. The molecule has 0 fully saturated rings. The first-order valence-electron chi connectivity index (χ1n) is 8.06. The number of hydrogen-bond acceptors (Lipinski definition) is 4. The second kappa shape index (κ2) is 6.22. The van der Waals surface area contributed by atoms with Gasteiger partial charge in [0.15, 0.2) is 0 Å². The fourth-order valence-electron chi connectivity index (χ4n) is 2.88. The molecule has 2 aromatic rings.